The highest BCUT2D eigenvalue weighted by molar-refractivity contribution is 8.13. The lowest BCUT2D eigenvalue weighted by molar-refractivity contribution is 0.415. The third-order valence-corrected chi connectivity index (χ3v) is 4.33. The Labute approximate surface area is 125 Å². The number of benzene rings is 2. The average molecular weight is 324 g/mol. The van der Waals surface area contributed by atoms with E-state index in [1.54, 1.807) is 25.3 Å². The molecule has 0 atom stereocenters. The zero-order valence-corrected chi connectivity index (χ0v) is 12.5. The van der Waals surface area contributed by atoms with Crippen LogP contribution in [0.1, 0.15) is 0 Å². The van der Waals surface area contributed by atoms with Gasteiger partial charge in [0.05, 0.1) is 12.0 Å². The minimum Gasteiger partial charge on any atom is -0.497 e. The van der Waals surface area contributed by atoms with E-state index in [1.165, 1.54) is 12.1 Å². The van der Waals surface area contributed by atoms with Crippen molar-refractivity contribution in [3.05, 3.63) is 42.5 Å². The Kier molecular flexibility index (Phi) is 3.35. The second-order valence-electron chi connectivity index (χ2n) is 4.31. The first-order valence-electron chi connectivity index (χ1n) is 5.97. The molecule has 3 aromatic rings. The summed E-state index contributed by atoms with van der Waals surface area (Å²) in [5, 5.41) is 0. The van der Waals surface area contributed by atoms with Gasteiger partial charge >= 0.3 is 0 Å². The summed E-state index contributed by atoms with van der Waals surface area (Å²) in [5.41, 5.74) is 1.69. The largest absolute Gasteiger partial charge is 0.497 e. The molecule has 0 N–H and O–H groups in total. The molecule has 0 bridgehead atoms. The Hall–Kier alpha value is -2.05. The van der Waals surface area contributed by atoms with Crippen molar-refractivity contribution in [3.8, 4) is 17.2 Å². The molecule has 1 heterocycles. The molecule has 0 fully saturated rings. The first kappa shape index (κ1) is 13.9. The zero-order valence-electron chi connectivity index (χ0n) is 10.9. The SMILES string of the molecule is COc1ccc(-c2nc3ccc(S(=O)(=O)Cl)cc3o2)cc1. The van der Waals surface area contributed by atoms with E-state index in [1.807, 2.05) is 12.1 Å². The first-order valence-corrected chi connectivity index (χ1v) is 8.28. The molecule has 1 aromatic heterocycles. The van der Waals surface area contributed by atoms with Gasteiger partial charge < -0.3 is 9.15 Å². The fraction of sp³-hybridized carbons (Fsp3) is 0.0714. The highest BCUT2D eigenvalue weighted by atomic mass is 35.7. The van der Waals surface area contributed by atoms with Gasteiger partial charge in [0, 0.05) is 22.3 Å². The summed E-state index contributed by atoms with van der Waals surface area (Å²) in [6.07, 6.45) is 0. The Bertz CT molecular complexity index is 900. The van der Waals surface area contributed by atoms with Crippen molar-refractivity contribution < 1.29 is 17.6 Å². The average Bonchev–Trinajstić information content (AvgIpc) is 2.89. The molecule has 2 aromatic carbocycles. The van der Waals surface area contributed by atoms with Crippen molar-refractivity contribution in [2.75, 3.05) is 7.11 Å². The van der Waals surface area contributed by atoms with Crippen LogP contribution in [0.4, 0.5) is 0 Å². The van der Waals surface area contributed by atoms with Gasteiger partial charge in [0.25, 0.3) is 9.05 Å². The normalized spacial score (nSPS) is 11.7. The van der Waals surface area contributed by atoms with E-state index < -0.39 is 9.05 Å². The fourth-order valence-corrected chi connectivity index (χ4v) is 2.68. The smallest absolute Gasteiger partial charge is 0.261 e. The standard InChI is InChI=1S/C14H10ClNO4S/c1-19-10-4-2-9(3-5-10)14-16-12-7-6-11(21(15,17)18)8-13(12)20-14/h2-8H,1H3. The molecular weight excluding hydrogens is 314 g/mol. The lowest BCUT2D eigenvalue weighted by Crippen LogP contribution is -1.88. The van der Waals surface area contributed by atoms with E-state index in [2.05, 4.69) is 4.98 Å². The lowest BCUT2D eigenvalue weighted by Gasteiger charge is -1.99. The van der Waals surface area contributed by atoms with Crippen LogP contribution < -0.4 is 4.74 Å². The van der Waals surface area contributed by atoms with Gasteiger partial charge in [-0.2, -0.15) is 0 Å². The molecule has 21 heavy (non-hydrogen) atoms. The highest BCUT2D eigenvalue weighted by Crippen LogP contribution is 2.28. The Morgan fingerprint density at radius 1 is 1.14 bits per heavy atom. The van der Waals surface area contributed by atoms with Gasteiger partial charge in [0.15, 0.2) is 5.58 Å². The van der Waals surface area contributed by atoms with Crippen LogP contribution >= 0.6 is 10.7 Å². The zero-order chi connectivity index (χ0) is 15.0. The second-order valence-corrected chi connectivity index (χ2v) is 6.88. The Morgan fingerprint density at radius 2 is 1.86 bits per heavy atom. The molecule has 0 amide bonds. The molecule has 108 valence electrons. The number of aromatic nitrogens is 1. The van der Waals surface area contributed by atoms with Crippen molar-refractivity contribution in [3.63, 3.8) is 0 Å². The monoisotopic (exact) mass is 323 g/mol. The maximum Gasteiger partial charge on any atom is 0.261 e. The summed E-state index contributed by atoms with van der Waals surface area (Å²) in [6, 6.07) is 11.5. The number of oxazole rings is 1. The number of rotatable bonds is 3. The van der Waals surface area contributed by atoms with Crippen LogP contribution in [0.5, 0.6) is 5.75 Å². The van der Waals surface area contributed by atoms with Gasteiger partial charge in [0.2, 0.25) is 5.89 Å². The first-order chi connectivity index (χ1) is 9.97. The van der Waals surface area contributed by atoms with E-state index >= 15 is 0 Å². The lowest BCUT2D eigenvalue weighted by atomic mass is 10.2. The topological polar surface area (TPSA) is 69.4 Å². The van der Waals surface area contributed by atoms with Crippen LogP contribution in [0.25, 0.3) is 22.6 Å². The Morgan fingerprint density at radius 3 is 2.48 bits per heavy atom. The van der Waals surface area contributed by atoms with Crippen LogP contribution in [-0.4, -0.2) is 20.5 Å². The number of methoxy groups -OCH3 is 1. The molecule has 0 unspecified atom stereocenters. The fourth-order valence-electron chi connectivity index (χ4n) is 1.91. The van der Waals surface area contributed by atoms with Crippen molar-refractivity contribution in [2.24, 2.45) is 0 Å². The van der Waals surface area contributed by atoms with Crippen LogP contribution in [0.15, 0.2) is 51.8 Å². The second kappa shape index (κ2) is 5.05. The predicted molar refractivity (Wildman–Crippen MR) is 79.0 cm³/mol. The number of fused-ring (bicyclic) bond motifs is 1. The van der Waals surface area contributed by atoms with Gasteiger partial charge in [-0.3, -0.25) is 0 Å². The summed E-state index contributed by atoms with van der Waals surface area (Å²) < 4.78 is 33.3. The number of ether oxygens (including phenoxy) is 1. The number of hydrogen-bond acceptors (Lipinski definition) is 5. The van der Waals surface area contributed by atoms with Crippen molar-refractivity contribution in [1.29, 1.82) is 0 Å². The van der Waals surface area contributed by atoms with Crippen LogP contribution in [-0.2, 0) is 9.05 Å². The van der Waals surface area contributed by atoms with Crippen LogP contribution in [0, 0.1) is 0 Å². The van der Waals surface area contributed by atoms with Crippen LogP contribution in [0.3, 0.4) is 0 Å². The molecule has 0 saturated heterocycles. The van der Waals surface area contributed by atoms with Crippen LogP contribution in [0.2, 0.25) is 0 Å². The summed E-state index contributed by atoms with van der Waals surface area (Å²) in [6.45, 7) is 0. The molecule has 0 saturated carbocycles. The molecule has 5 nitrogen and oxygen atoms in total. The Balaban J connectivity index is 2.08. The summed E-state index contributed by atoms with van der Waals surface area (Å²) >= 11 is 0. The van der Waals surface area contributed by atoms with Gasteiger partial charge in [-0.25, -0.2) is 13.4 Å². The molecule has 0 spiro atoms. The predicted octanol–water partition coefficient (Wildman–Crippen LogP) is 3.43. The number of halogens is 1. The molecular formula is C14H10ClNO4S. The van der Waals surface area contributed by atoms with Crippen molar-refractivity contribution in [1.82, 2.24) is 4.98 Å². The van der Waals surface area contributed by atoms with E-state index in [0.29, 0.717) is 17.0 Å². The summed E-state index contributed by atoms with van der Waals surface area (Å²) in [4.78, 5) is 4.30. The maximum atomic E-state index is 11.3. The third-order valence-electron chi connectivity index (χ3n) is 2.98. The minimum atomic E-state index is -3.79. The van der Waals surface area contributed by atoms with E-state index in [4.69, 9.17) is 19.8 Å². The summed E-state index contributed by atoms with van der Waals surface area (Å²) in [5.74, 6) is 1.13. The molecule has 7 heteroatoms. The molecule has 0 radical (unpaired) electrons. The minimum absolute atomic E-state index is 0.0194. The summed E-state index contributed by atoms with van der Waals surface area (Å²) in [7, 11) is 3.11. The van der Waals surface area contributed by atoms with Gasteiger partial charge in [-0.15, -0.1) is 0 Å². The van der Waals surface area contributed by atoms with E-state index in [0.717, 1.165) is 11.3 Å². The van der Waals surface area contributed by atoms with Gasteiger partial charge in [0.1, 0.15) is 11.3 Å². The third kappa shape index (κ3) is 2.72. The molecule has 0 aliphatic heterocycles. The molecule has 0 aliphatic carbocycles. The number of nitrogens with zero attached hydrogens (tertiary/aromatic N) is 1. The van der Waals surface area contributed by atoms with Gasteiger partial charge in [-0.1, -0.05) is 0 Å². The van der Waals surface area contributed by atoms with Gasteiger partial charge in [-0.05, 0) is 36.4 Å². The quantitative estimate of drug-likeness (QED) is 0.691. The molecule has 0 aliphatic rings. The van der Waals surface area contributed by atoms with E-state index in [9.17, 15) is 8.42 Å². The highest BCUT2D eigenvalue weighted by Gasteiger charge is 2.14. The molecule has 3 rings (SSSR count). The van der Waals surface area contributed by atoms with E-state index in [-0.39, 0.29) is 4.90 Å². The van der Waals surface area contributed by atoms with Crippen molar-refractivity contribution >= 4 is 30.8 Å². The maximum absolute atomic E-state index is 11.3. The van der Waals surface area contributed by atoms with Crippen molar-refractivity contribution in [2.45, 2.75) is 4.90 Å². The number of hydrogen-bond donors (Lipinski definition) is 0.